The topological polar surface area (TPSA) is 99.0 Å². The van der Waals surface area contributed by atoms with E-state index in [1.54, 1.807) is 25.3 Å². The molecule has 0 N–H and O–H groups in total. The van der Waals surface area contributed by atoms with Crippen LogP contribution in [0, 0.1) is 20.9 Å². The number of ether oxygens (including phenoxy) is 2. The minimum atomic E-state index is -0.490. The summed E-state index contributed by atoms with van der Waals surface area (Å²) in [6, 6.07) is 10.2. The van der Waals surface area contributed by atoms with Gasteiger partial charge in [-0.1, -0.05) is 39.8 Å². The Hall–Kier alpha value is -4.20. The Bertz CT molecular complexity index is 1540. The number of non-ortho nitro benzene ring substituents is 1. The van der Waals surface area contributed by atoms with E-state index in [4.69, 9.17) is 9.47 Å². The molecule has 0 saturated carbocycles. The second kappa shape index (κ2) is 11.7. The van der Waals surface area contributed by atoms with E-state index in [9.17, 15) is 19.7 Å². The van der Waals surface area contributed by atoms with Crippen molar-refractivity contribution in [2.45, 2.75) is 79.2 Å². The molecular weight excluding hydrogens is 556 g/mol. The van der Waals surface area contributed by atoms with Crippen LogP contribution in [0.5, 0.6) is 11.5 Å². The van der Waals surface area contributed by atoms with Gasteiger partial charge in [0.1, 0.15) is 6.61 Å². The lowest BCUT2D eigenvalue weighted by molar-refractivity contribution is -0.384. The summed E-state index contributed by atoms with van der Waals surface area (Å²) in [6.07, 6.45) is 4.64. The summed E-state index contributed by atoms with van der Waals surface area (Å²) in [6.45, 7) is 15.5. The Balaban J connectivity index is 1.65. The van der Waals surface area contributed by atoms with Crippen molar-refractivity contribution < 1.29 is 24.0 Å². The number of methoxy groups -OCH3 is 1. The van der Waals surface area contributed by atoms with Gasteiger partial charge in [0.2, 0.25) is 0 Å². The van der Waals surface area contributed by atoms with E-state index in [2.05, 4.69) is 46.1 Å². The van der Waals surface area contributed by atoms with Crippen molar-refractivity contribution in [3.63, 3.8) is 0 Å². The van der Waals surface area contributed by atoms with Gasteiger partial charge in [-0.15, -0.1) is 6.58 Å². The maximum atomic E-state index is 14.0. The van der Waals surface area contributed by atoms with Crippen molar-refractivity contribution in [3.8, 4) is 11.5 Å². The zero-order chi connectivity index (χ0) is 32.0. The average Bonchev–Trinajstić information content (AvgIpc) is 2.94. The fourth-order valence-corrected chi connectivity index (χ4v) is 7.10. The lowest BCUT2D eigenvalue weighted by atomic mass is 9.63. The van der Waals surface area contributed by atoms with Crippen molar-refractivity contribution in [1.29, 1.82) is 0 Å². The Labute approximate surface area is 259 Å². The first-order valence-corrected chi connectivity index (χ1v) is 15.3. The molecule has 3 aliphatic rings. The molecule has 2 aromatic carbocycles. The number of carbonyl (C=O) groups is 2. The summed E-state index contributed by atoms with van der Waals surface area (Å²) in [5.74, 6) is 0.723. The molecule has 0 fully saturated rings. The number of hydrogen-bond donors (Lipinski definition) is 0. The predicted molar refractivity (Wildman–Crippen MR) is 170 cm³/mol. The quantitative estimate of drug-likeness (QED) is 0.166. The highest BCUT2D eigenvalue weighted by Gasteiger charge is 2.48. The maximum absolute atomic E-state index is 14.0. The zero-order valence-electron chi connectivity index (χ0n) is 26.6. The lowest BCUT2D eigenvalue weighted by Gasteiger charge is -2.49. The molecule has 0 unspecified atom stereocenters. The third kappa shape index (κ3) is 5.82. The first-order chi connectivity index (χ1) is 20.8. The molecule has 1 aliphatic heterocycles. The minimum Gasteiger partial charge on any atom is -0.493 e. The fourth-order valence-electron chi connectivity index (χ4n) is 7.10. The lowest BCUT2D eigenvalue weighted by Crippen LogP contribution is -2.44. The first kappa shape index (κ1) is 31.2. The highest BCUT2D eigenvalue weighted by Crippen LogP contribution is 2.55. The van der Waals surface area contributed by atoms with E-state index < -0.39 is 10.8 Å². The zero-order valence-corrected chi connectivity index (χ0v) is 26.6. The molecule has 0 amide bonds. The highest BCUT2D eigenvalue weighted by atomic mass is 16.6. The Kier molecular flexibility index (Phi) is 8.31. The molecule has 0 atom stereocenters. The molecule has 2 aliphatic carbocycles. The van der Waals surface area contributed by atoms with Gasteiger partial charge in [-0.05, 0) is 66.3 Å². The van der Waals surface area contributed by atoms with E-state index in [0.717, 1.165) is 52.1 Å². The van der Waals surface area contributed by atoms with Crippen molar-refractivity contribution in [2.24, 2.45) is 10.8 Å². The standard InChI is InChI=1S/C36H42N2O6/c1-8-10-23-15-24(16-30(43-7)34(23)44-21-22-11-13-25(14-12-22)38(41)42)31-32-26(17-35(3,4)19-28(32)39)37(9-2)27-18-36(5,6)20-29(40)33(27)31/h8,11-16,31H,1,9-10,17-21H2,2-7H3. The summed E-state index contributed by atoms with van der Waals surface area (Å²) in [7, 11) is 1.58. The summed E-state index contributed by atoms with van der Waals surface area (Å²) in [4.78, 5) is 40.9. The number of rotatable bonds is 9. The van der Waals surface area contributed by atoms with Crippen molar-refractivity contribution in [3.05, 3.63) is 98.4 Å². The molecule has 8 heteroatoms. The van der Waals surface area contributed by atoms with E-state index in [1.165, 1.54) is 12.1 Å². The number of carbonyl (C=O) groups excluding carboxylic acids is 2. The van der Waals surface area contributed by atoms with Gasteiger partial charge in [0.05, 0.1) is 12.0 Å². The summed E-state index contributed by atoms with van der Waals surface area (Å²) in [5, 5.41) is 11.1. The predicted octanol–water partition coefficient (Wildman–Crippen LogP) is 7.62. The van der Waals surface area contributed by atoms with Gasteiger partial charge in [-0.2, -0.15) is 0 Å². The van der Waals surface area contributed by atoms with Gasteiger partial charge in [0, 0.05) is 65.5 Å². The largest absolute Gasteiger partial charge is 0.493 e. The second-order valence-corrected chi connectivity index (χ2v) is 13.7. The van der Waals surface area contributed by atoms with Crippen LogP contribution in [0.2, 0.25) is 0 Å². The third-order valence-corrected chi connectivity index (χ3v) is 8.94. The van der Waals surface area contributed by atoms with E-state index in [-0.39, 0.29) is 34.7 Å². The van der Waals surface area contributed by atoms with E-state index in [0.29, 0.717) is 37.3 Å². The molecule has 1 heterocycles. The molecule has 5 rings (SSSR count). The van der Waals surface area contributed by atoms with Crippen LogP contribution in [0.4, 0.5) is 5.69 Å². The van der Waals surface area contributed by atoms with Crippen molar-refractivity contribution in [2.75, 3.05) is 13.7 Å². The monoisotopic (exact) mass is 598 g/mol. The number of Topliss-reactive ketones (excluding diaryl/α,β-unsaturated/α-hetero) is 2. The molecule has 2 aromatic rings. The SMILES string of the molecule is C=CCc1cc(C2C3=C(CC(C)(C)CC3=O)N(CC)C3=C2C(=O)CC(C)(C)C3)cc(OC)c1OCc1ccc([N+](=O)[O-])cc1. The molecule has 44 heavy (non-hydrogen) atoms. The highest BCUT2D eigenvalue weighted by molar-refractivity contribution is 6.06. The smallest absolute Gasteiger partial charge is 0.269 e. The van der Waals surface area contributed by atoms with Crippen LogP contribution in [-0.4, -0.2) is 35.0 Å². The number of benzene rings is 2. The molecule has 0 aromatic heterocycles. The molecule has 0 saturated heterocycles. The normalized spacial score (nSPS) is 19.5. The van der Waals surface area contributed by atoms with E-state index >= 15 is 0 Å². The average molecular weight is 599 g/mol. The van der Waals surface area contributed by atoms with Crippen LogP contribution in [0.3, 0.4) is 0 Å². The molecule has 0 radical (unpaired) electrons. The minimum absolute atomic E-state index is 0.0146. The van der Waals surface area contributed by atoms with Gasteiger partial charge in [-0.25, -0.2) is 0 Å². The molecule has 0 spiro atoms. The Morgan fingerprint density at radius 3 is 2.02 bits per heavy atom. The van der Waals surface area contributed by atoms with Crippen LogP contribution in [0.1, 0.15) is 82.9 Å². The van der Waals surface area contributed by atoms with Crippen LogP contribution in [-0.2, 0) is 22.6 Å². The second-order valence-electron chi connectivity index (χ2n) is 13.7. The Morgan fingerprint density at radius 2 is 1.55 bits per heavy atom. The number of nitro groups is 1. The summed E-state index contributed by atoms with van der Waals surface area (Å²) < 4.78 is 12.2. The van der Waals surface area contributed by atoms with Crippen LogP contribution in [0.15, 0.2) is 71.6 Å². The van der Waals surface area contributed by atoms with Crippen molar-refractivity contribution >= 4 is 17.3 Å². The van der Waals surface area contributed by atoms with Gasteiger partial charge >= 0.3 is 0 Å². The van der Waals surface area contributed by atoms with Gasteiger partial charge in [0.15, 0.2) is 23.1 Å². The third-order valence-electron chi connectivity index (χ3n) is 8.94. The summed E-state index contributed by atoms with van der Waals surface area (Å²) in [5.41, 5.74) is 5.60. The first-order valence-electron chi connectivity index (χ1n) is 15.3. The Morgan fingerprint density at radius 1 is 0.977 bits per heavy atom. The van der Waals surface area contributed by atoms with Gasteiger partial charge < -0.3 is 14.4 Å². The fraction of sp³-hybridized carbons (Fsp3) is 0.444. The van der Waals surface area contributed by atoms with E-state index in [1.807, 2.05) is 12.1 Å². The molecular formula is C36H42N2O6. The van der Waals surface area contributed by atoms with Gasteiger partial charge in [0.25, 0.3) is 5.69 Å². The number of ketones is 2. The van der Waals surface area contributed by atoms with Crippen molar-refractivity contribution in [1.82, 2.24) is 4.90 Å². The van der Waals surface area contributed by atoms with Gasteiger partial charge in [-0.3, -0.25) is 19.7 Å². The van der Waals surface area contributed by atoms with Crippen LogP contribution < -0.4 is 9.47 Å². The number of nitro benzene ring substituents is 1. The van der Waals surface area contributed by atoms with Crippen LogP contribution >= 0.6 is 0 Å². The maximum Gasteiger partial charge on any atom is 0.269 e. The summed E-state index contributed by atoms with van der Waals surface area (Å²) >= 11 is 0. The number of nitrogens with zero attached hydrogens (tertiary/aromatic N) is 2. The molecule has 8 nitrogen and oxygen atoms in total. The molecule has 232 valence electrons. The molecule has 0 bridgehead atoms. The number of allylic oxidation sites excluding steroid dienone is 5. The van der Waals surface area contributed by atoms with Crippen LogP contribution in [0.25, 0.3) is 0 Å². The number of hydrogen-bond acceptors (Lipinski definition) is 7.